The van der Waals surface area contributed by atoms with Crippen LogP contribution in [-0.4, -0.2) is 11.7 Å². The lowest BCUT2D eigenvalue weighted by atomic mass is 10.1. The molecule has 1 aromatic heterocycles. The molecule has 3 aromatic rings. The fraction of sp³-hybridized carbons (Fsp3) is 0.316. The highest BCUT2D eigenvalue weighted by molar-refractivity contribution is 5.79. The van der Waals surface area contributed by atoms with E-state index in [2.05, 4.69) is 46.4 Å². The second kappa shape index (κ2) is 5.16. The van der Waals surface area contributed by atoms with Crippen molar-refractivity contribution in [3.05, 3.63) is 53.9 Å². The van der Waals surface area contributed by atoms with Crippen molar-refractivity contribution < 1.29 is 9.30 Å². The van der Waals surface area contributed by atoms with Gasteiger partial charge in [-0.05, 0) is 37.5 Å². The summed E-state index contributed by atoms with van der Waals surface area (Å²) in [4.78, 5) is 0. The van der Waals surface area contributed by atoms with Gasteiger partial charge in [-0.2, -0.15) is 4.57 Å². The minimum atomic E-state index is 0.914. The zero-order valence-electron chi connectivity index (χ0n) is 13.2. The number of nitrogens with zero attached hydrogens (tertiary/aromatic N) is 2. The summed E-state index contributed by atoms with van der Waals surface area (Å²) in [6, 6.07) is 14.9. The summed E-state index contributed by atoms with van der Waals surface area (Å²) in [7, 11) is 1.74. The monoisotopic (exact) mass is 293 g/mol. The van der Waals surface area contributed by atoms with E-state index < -0.39 is 0 Å². The third-order valence-corrected chi connectivity index (χ3v) is 4.73. The van der Waals surface area contributed by atoms with Crippen molar-refractivity contribution in [1.29, 1.82) is 0 Å². The average molecular weight is 293 g/mol. The molecule has 0 atom stereocenters. The van der Waals surface area contributed by atoms with E-state index in [1.807, 2.05) is 12.1 Å². The molecule has 1 aliphatic rings. The topological polar surface area (TPSA) is 18.0 Å². The van der Waals surface area contributed by atoms with Gasteiger partial charge in [0.1, 0.15) is 0 Å². The van der Waals surface area contributed by atoms with Crippen LogP contribution in [0.4, 0.5) is 0 Å². The first-order valence-electron chi connectivity index (χ1n) is 7.97. The van der Waals surface area contributed by atoms with Crippen molar-refractivity contribution in [3.8, 4) is 11.4 Å². The van der Waals surface area contributed by atoms with Gasteiger partial charge in [0.2, 0.25) is 0 Å². The first-order valence-corrected chi connectivity index (χ1v) is 7.97. The number of aromatic nitrogens is 2. The van der Waals surface area contributed by atoms with E-state index in [0.717, 1.165) is 18.0 Å². The number of para-hydroxylation sites is 3. The minimum Gasteiger partial charge on any atom is -0.492 e. The molecule has 2 aromatic carbocycles. The summed E-state index contributed by atoms with van der Waals surface area (Å²) in [5.41, 5.74) is 5.25. The number of rotatable bonds is 2. The van der Waals surface area contributed by atoms with E-state index >= 15 is 0 Å². The van der Waals surface area contributed by atoms with E-state index in [-0.39, 0.29) is 0 Å². The molecule has 0 N–H and O–H groups in total. The van der Waals surface area contributed by atoms with E-state index in [1.165, 1.54) is 41.7 Å². The van der Waals surface area contributed by atoms with E-state index in [0.29, 0.717) is 0 Å². The summed E-state index contributed by atoms with van der Waals surface area (Å²) in [6.07, 6.45) is 3.69. The highest BCUT2D eigenvalue weighted by Gasteiger charge is 2.27. The average Bonchev–Trinajstić information content (AvgIpc) is 2.71. The largest absolute Gasteiger partial charge is 0.492 e. The number of benzene rings is 2. The molecule has 0 amide bonds. The molecule has 0 unspecified atom stereocenters. The summed E-state index contributed by atoms with van der Waals surface area (Å²) >= 11 is 0. The second-order valence-corrected chi connectivity index (χ2v) is 5.95. The molecule has 0 saturated carbocycles. The highest BCUT2D eigenvalue weighted by Crippen LogP contribution is 2.30. The van der Waals surface area contributed by atoms with Crippen LogP contribution in [0.15, 0.2) is 42.5 Å². The van der Waals surface area contributed by atoms with Gasteiger partial charge < -0.3 is 4.74 Å². The lowest BCUT2D eigenvalue weighted by Crippen LogP contribution is -2.36. The van der Waals surface area contributed by atoms with Crippen molar-refractivity contribution in [3.63, 3.8) is 0 Å². The quantitative estimate of drug-likeness (QED) is 0.661. The van der Waals surface area contributed by atoms with Crippen LogP contribution in [0, 0.1) is 6.92 Å². The normalized spacial score (nSPS) is 14.1. The van der Waals surface area contributed by atoms with Gasteiger partial charge in [0.25, 0.3) is 5.82 Å². The zero-order valence-corrected chi connectivity index (χ0v) is 13.2. The van der Waals surface area contributed by atoms with Crippen molar-refractivity contribution in [2.75, 3.05) is 7.11 Å². The number of ether oxygens (including phenoxy) is 1. The van der Waals surface area contributed by atoms with Gasteiger partial charge in [0.15, 0.2) is 22.5 Å². The lowest BCUT2D eigenvalue weighted by Gasteiger charge is -2.06. The second-order valence-electron chi connectivity index (χ2n) is 5.95. The molecule has 1 aliphatic heterocycles. The molecule has 112 valence electrons. The van der Waals surface area contributed by atoms with Gasteiger partial charge in [-0.3, -0.25) is 0 Å². The first kappa shape index (κ1) is 13.4. The van der Waals surface area contributed by atoms with Crippen LogP contribution in [0.3, 0.4) is 0 Å². The zero-order chi connectivity index (χ0) is 15.1. The van der Waals surface area contributed by atoms with Crippen molar-refractivity contribution in [2.45, 2.75) is 32.7 Å². The van der Waals surface area contributed by atoms with Crippen LogP contribution in [0.25, 0.3) is 16.7 Å². The highest BCUT2D eigenvalue weighted by atomic mass is 16.5. The Labute approximate surface area is 130 Å². The Kier molecular flexibility index (Phi) is 3.14. The predicted molar refractivity (Wildman–Crippen MR) is 87.7 cm³/mol. The SMILES string of the molecule is COc1ccccc1-n1c(C)[n+]2c3c(cccc31)CCCC2. The molecule has 0 saturated heterocycles. The Bertz CT molecular complexity index is 848. The van der Waals surface area contributed by atoms with Crippen molar-refractivity contribution in [1.82, 2.24) is 4.57 Å². The molecular weight excluding hydrogens is 272 g/mol. The number of hydrogen-bond donors (Lipinski definition) is 0. The molecule has 0 spiro atoms. The van der Waals surface area contributed by atoms with E-state index in [1.54, 1.807) is 7.11 Å². The summed E-state index contributed by atoms with van der Waals surface area (Å²) in [5.74, 6) is 2.19. The Morgan fingerprint density at radius 1 is 1.05 bits per heavy atom. The summed E-state index contributed by atoms with van der Waals surface area (Å²) in [6.45, 7) is 3.31. The molecule has 4 rings (SSSR count). The molecule has 2 heterocycles. The van der Waals surface area contributed by atoms with Crippen LogP contribution in [0.2, 0.25) is 0 Å². The molecule has 0 radical (unpaired) electrons. The number of aryl methyl sites for hydroxylation is 2. The van der Waals surface area contributed by atoms with Gasteiger partial charge in [-0.1, -0.05) is 24.3 Å². The fourth-order valence-corrected chi connectivity index (χ4v) is 3.71. The van der Waals surface area contributed by atoms with E-state index in [9.17, 15) is 0 Å². The van der Waals surface area contributed by atoms with Gasteiger partial charge >= 0.3 is 0 Å². The number of hydrogen-bond acceptors (Lipinski definition) is 1. The van der Waals surface area contributed by atoms with Crippen molar-refractivity contribution in [2.24, 2.45) is 0 Å². The van der Waals surface area contributed by atoms with Crippen LogP contribution in [0.1, 0.15) is 24.2 Å². The van der Waals surface area contributed by atoms with Gasteiger partial charge in [-0.25, -0.2) is 4.57 Å². The van der Waals surface area contributed by atoms with Crippen molar-refractivity contribution >= 4 is 11.0 Å². The Hall–Kier alpha value is -2.29. The standard InChI is InChI=1S/C19H21N2O/c1-14-20-13-6-5-8-15-9-7-11-17(19(15)20)21(14)16-10-3-4-12-18(16)22-2/h3-4,7,9-12H,5-6,8,13H2,1-2H3/q+1. The van der Waals surface area contributed by atoms with Gasteiger partial charge in [0.05, 0.1) is 13.7 Å². The third kappa shape index (κ3) is 1.85. The fourth-order valence-electron chi connectivity index (χ4n) is 3.71. The predicted octanol–water partition coefficient (Wildman–Crippen LogP) is 3.57. The molecule has 0 aliphatic carbocycles. The minimum absolute atomic E-state index is 0.914. The molecule has 3 nitrogen and oxygen atoms in total. The van der Waals surface area contributed by atoms with Crippen LogP contribution < -0.4 is 9.30 Å². The molecule has 0 fully saturated rings. The Balaban J connectivity index is 2.09. The first-order chi connectivity index (χ1) is 10.8. The van der Waals surface area contributed by atoms with Crippen LogP contribution in [-0.2, 0) is 13.0 Å². The number of methoxy groups -OCH3 is 1. The maximum absolute atomic E-state index is 5.59. The molecule has 0 bridgehead atoms. The Morgan fingerprint density at radius 2 is 1.91 bits per heavy atom. The molecular formula is C19H21N2O+. The lowest BCUT2D eigenvalue weighted by molar-refractivity contribution is -0.677. The summed E-state index contributed by atoms with van der Waals surface area (Å²) < 4.78 is 10.4. The van der Waals surface area contributed by atoms with Crippen LogP contribution >= 0.6 is 0 Å². The van der Waals surface area contributed by atoms with Gasteiger partial charge in [0, 0.05) is 12.5 Å². The molecule has 22 heavy (non-hydrogen) atoms. The summed E-state index contributed by atoms with van der Waals surface area (Å²) in [5, 5.41) is 0. The maximum atomic E-state index is 5.59. The smallest absolute Gasteiger partial charge is 0.259 e. The van der Waals surface area contributed by atoms with Crippen LogP contribution in [0.5, 0.6) is 5.75 Å². The van der Waals surface area contributed by atoms with Gasteiger partial charge in [-0.15, -0.1) is 0 Å². The third-order valence-electron chi connectivity index (χ3n) is 4.73. The molecule has 3 heteroatoms. The van der Waals surface area contributed by atoms with E-state index in [4.69, 9.17) is 4.74 Å². The number of imidazole rings is 1. The maximum Gasteiger partial charge on any atom is 0.259 e. The Morgan fingerprint density at radius 3 is 2.77 bits per heavy atom.